The molecule has 2 amide bonds. The van der Waals surface area contributed by atoms with Gasteiger partial charge in [0, 0.05) is 13.8 Å². The van der Waals surface area contributed by atoms with Crippen LogP contribution in [0, 0.1) is 11.8 Å². The van der Waals surface area contributed by atoms with Crippen LogP contribution in [0.4, 0.5) is 5.69 Å². The molecule has 4 rings (SSSR count). The van der Waals surface area contributed by atoms with E-state index < -0.39 is 59.6 Å². The molecule has 1 aromatic rings. The summed E-state index contributed by atoms with van der Waals surface area (Å²) in [5.41, 5.74) is -1.54. The molecular formula is C22H20ClNO9. The largest absolute Gasteiger partial charge is 0.462 e. The number of hydrogen-bond donors (Lipinski definition) is 0. The van der Waals surface area contributed by atoms with Gasteiger partial charge in [-0.1, -0.05) is 17.7 Å². The van der Waals surface area contributed by atoms with Crippen LogP contribution >= 0.6 is 11.6 Å². The summed E-state index contributed by atoms with van der Waals surface area (Å²) in [5, 5.41) is 0.0998. The second kappa shape index (κ2) is 8.27. The number of carbonyl (C=O) groups is 5. The Balaban J connectivity index is 1.73. The van der Waals surface area contributed by atoms with Crippen LogP contribution in [0.1, 0.15) is 31.1 Å². The van der Waals surface area contributed by atoms with Crippen molar-refractivity contribution in [2.45, 2.75) is 38.8 Å². The molecule has 0 saturated carbocycles. The average Bonchev–Trinajstić information content (AvgIpc) is 3.39. The highest BCUT2D eigenvalue weighted by molar-refractivity contribution is 6.34. The Hall–Kier alpha value is -3.24. The van der Waals surface area contributed by atoms with E-state index in [0.29, 0.717) is 0 Å². The maximum absolute atomic E-state index is 13.5. The molecule has 174 valence electrons. The number of hydrogen-bond acceptors (Lipinski definition) is 9. The molecule has 33 heavy (non-hydrogen) atoms. The second-order valence-corrected chi connectivity index (χ2v) is 8.15. The fraction of sp³-hybridized carbons (Fsp3) is 0.409. The van der Waals surface area contributed by atoms with Crippen molar-refractivity contribution in [3.8, 4) is 0 Å². The van der Waals surface area contributed by atoms with Crippen molar-refractivity contribution in [3.05, 3.63) is 40.9 Å². The Labute approximate surface area is 193 Å². The summed E-state index contributed by atoms with van der Waals surface area (Å²) in [7, 11) is 0. The first kappa shape index (κ1) is 22.9. The third kappa shape index (κ3) is 3.59. The predicted octanol–water partition coefficient (Wildman–Crippen LogP) is 1.78. The van der Waals surface area contributed by atoms with E-state index in [9.17, 15) is 24.0 Å². The Kier molecular flexibility index (Phi) is 5.75. The smallest absolute Gasteiger partial charge is 0.339 e. The highest BCUT2D eigenvalue weighted by Gasteiger charge is 2.72. The minimum Gasteiger partial charge on any atom is -0.462 e. The first-order valence-corrected chi connectivity index (χ1v) is 10.5. The number of carbonyl (C=O) groups excluding carboxylic acids is 5. The molecular weight excluding hydrogens is 458 g/mol. The molecule has 0 radical (unpaired) electrons. The summed E-state index contributed by atoms with van der Waals surface area (Å²) in [6.45, 7) is 3.99. The molecule has 0 spiro atoms. The zero-order valence-electron chi connectivity index (χ0n) is 17.9. The van der Waals surface area contributed by atoms with Crippen LogP contribution in [0.25, 0.3) is 0 Å². The van der Waals surface area contributed by atoms with Gasteiger partial charge in [0.05, 0.1) is 40.8 Å². The summed E-state index contributed by atoms with van der Waals surface area (Å²) in [6.07, 6.45) is 0.695. The SMILES string of the molecule is CCOC(=O)c1cc(N2C(=O)[C@H]3[C@H]4C=C[C@@](C(OC(C)=O)OC(C)=O)(O4)[C@H]3C2=O)ccc1Cl. The van der Waals surface area contributed by atoms with Crippen molar-refractivity contribution in [3.63, 3.8) is 0 Å². The maximum Gasteiger partial charge on any atom is 0.339 e. The van der Waals surface area contributed by atoms with E-state index in [0.717, 1.165) is 18.7 Å². The van der Waals surface area contributed by atoms with E-state index in [4.69, 9.17) is 30.5 Å². The van der Waals surface area contributed by atoms with Crippen LogP contribution in [0.3, 0.4) is 0 Å². The summed E-state index contributed by atoms with van der Waals surface area (Å²) in [4.78, 5) is 63.3. The standard InChI is InChI=1S/C22H20ClNO9/c1-4-30-20(29)13-9-12(5-6-14(13)23)24-18(27)16-15-7-8-22(33-15,17(16)19(24)28)21(31-10(2)25)32-11(3)26/h5-9,15-17,21H,4H2,1-3H3/t15-,16+,17-,22-/m1/s1. The topological polar surface area (TPSA) is 126 Å². The Bertz CT molecular complexity index is 1080. The van der Waals surface area contributed by atoms with Crippen LogP contribution in [-0.2, 0) is 38.1 Å². The van der Waals surface area contributed by atoms with Crippen LogP contribution < -0.4 is 4.90 Å². The van der Waals surface area contributed by atoms with Gasteiger partial charge < -0.3 is 18.9 Å². The second-order valence-electron chi connectivity index (χ2n) is 7.75. The number of rotatable bonds is 6. The lowest BCUT2D eigenvalue weighted by Crippen LogP contribution is -2.52. The molecule has 0 N–H and O–H groups in total. The zero-order chi connectivity index (χ0) is 24.1. The van der Waals surface area contributed by atoms with E-state index in [1.54, 1.807) is 13.0 Å². The fourth-order valence-corrected chi connectivity index (χ4v) is 4.68. The van der Waals surface area contributed by atoms with Gasteiger partial charge in [0.2, 0.25) is 11.8 Å². The lowest BCUT2D eigenvalue weighted by Gasteiger charge is -2.34. The van der Waals surface area contributed by atoms with Gasteiger partial charge in [-0.15, -0.1) is 0 Å². The number of benzene rings is 1. The Morgan fingerprint density at radius 3 is 2.42 bits per heavy atom. The molecule has 4 atom stereocenters. The van der Waals surface area contributed by atoms with Gasteiger partial charge in [-0.2, -0.15) is 0 Å². The molecule has 2 fully saturated rings. The van der Waals surface area contributed by atoms with E-state index in [2.05, 4.69) is 0 Å². The van der Waals surface area contributed by atoms with Crippen LogP contribution in [0.5, 0.6) is 0 Å². The van der Waals surface area contributed by atoms with E-state index in [1.807, 2.05) is 0 Å². The number of amides is 2. The molecule has 11 heteroatoms. The quantitative estimate of drug-likeness (QED) is 0.261. The summed E-state index contributed by atoms with van der Waals surface area (Å²) < 4.78 is 21.2. The summed E-state index contributed by atoms with van der Waals surface area (Å²) >= 11 is 6.10. The van der Waals surface area contributed by atoms with Crippen molar-refractivity contribution >= 4 is 47.0 Å². The molecule has 2 saturated heterocycles. The molecule has 3 aliphatic rings. The molecule has 3 aliphatic heterocycles. The summed E-state index contributed by atoms with van der Waals surface area (Å²) in [5.74, 6) is -5.49. The van der Waals surface area contributed by atoms with E-state index >= 15 is 0 Å². The van der Waals surface area contributed by atoms with Gasteiger partial charge in [-0.25, -0.2) is 9.69 Å². The number of anilines is 1. The van der Waals surface area contributed by atoms with Crippen molar-refractivity contribution in [2.24, 2.45) is 11.8 Å². The average molecular weight is 478 g/mol. The fourth-order valence-electron chi connectivity index (χ4n) is 4.49. The van der Waals surface area contributed by atoms with Gasteiger partial charge in [0.1, 0.15) is 0 Å². The van der Waals surface area contributed by atoms with Gasteiger partial charge in [-0.05, 0) is 31.2 Å². The van der Waals surface area contributed by atoms with Gasteiger partial charge in [0.15, 0.2) is 5.60 Å². The van der Waals surface area contributed by atoms with E-state index in [-0.39, 0.29) is 22.9 Å². The molecule has 2 bridgehead atoms. The first-order valence-electron chi connectivity index (χ1n) is 10.2. The van der Waals surface area contributed by atoms with Crippen LogP contribution in [0.15, 0.2) is 30.4 Å². The van der Waals surface area contributed by atoms with Crippen molar-refractivity contribution in [1.82, 2.24) is 0 Å². The lowest BCUT2D eigenvalue weighted by molar-refractivity contribution is -0.226. The minimum atomic E-state index is -1.66. The molecule has 10 nitrogen and oxygen atoms in total. The third-order valence-corrected chi connectivity index (χ3v) is 6.03. The molecule has 0 unspecified atom stereocenters. The minimum absolute atomic E-state index is 0.00145. The monoisotopic (exact) mass is 477 g/mol. The van der Waals surface area contributed by atoms with Gasteiger partial charge >= 0.3 is 17.9 Å². The number of ether oxygens (including phenoxy) is 4. The number of imide groups is 1. The Morgan fingerprint density at radius 1 is 1.15 bits per heavy atom. The molecule has 3 heterocycles. The normalized spacial score (nSPS) is 27.2. The van der Waals surface area contributed by atoms with Crippen LogP contribution in [0.2, 0.25) is 5.02 Å². The molecule has 1 aromatic carbocycles. The molecule has 0 aromatic heterocycles. The first-order chi connectivity index (χ1) is 15.6. The van der Waals surface area contributed by atoms with Crippen LogP contribution in [-0.4, -0.2) is 54.3 Å². The third-order valence-electron chi connectivity index (χ3n) is 5.70. The Morgan fingerprint density at radius 2 is 1.82 bits per heavy atom. The zero-order valence-corrected chi connectivity index (χ0v) is 18.7. The number of nitrogens with zero attached hydrogens (tertiary/aromatic N) is 1. The van der Waals surface area contributed by atoms with Crippen molar-refractivity contribution in [2.75, 3.05) is 11.5 Å². The van der Waals surface area contributed by atoms with Crippen molar-refractivity contribution < 1.29 is 42.9 Å². The predicted molar refractivity (Wildman–Crippen MR) is 111 cm³/mol. The highest BCUT2D eigenvalue weighted by Crippen LogP contribution is 2.54. The maximum atomic E-state index is 13.5. The van der Waals surface area contributed by atoms with Gasteiger partial charge in [-0.3, -0.25) is 19.2 Å². The number of esters is 3. The van der Waals surface area contributed by atoms with Crippen molar-refractivity contribution in [1.29, 1.82) is 0 Å². The number of halogens is 1. The molecule has 0 aliphatic carbocycles. The van der Waals surface area contributed by atoms with E-state index in [1.165, 1.54) is 24.3 Å². The highest BCUT2D eigenvalue weighted by atomic mass is 35.5. The lowest BCUT2D eigenvalue weighted by atomic mass is 9.76. The number of fused-ring (bicyclic) bond motifs is 5. The van der Waals surface area contributed by atoms with Gasteiger partial charge in [0.25, 0.3) is 6.29 Å². The summed E-state index contributed by atoms with van der Waals surface area (Å²) in [6, 6.07) is 4.12.